The van der Waals surface area contributed by atoms with Crippen molar-refractivity contribution < 1.29 is 4.79 Å². The smallest absolute Gasteiger partial charge is 0.271 e. The third-order valence-electron chi connectivity index (χ3n) is 3.36. The molecule has 1 aromatic carbocycles. The molecule has 6 nitrogen and oxygen atoms in total. The lowest BCUT2D eigenvalue weighted by Crippen LogP contribution is -2.24. The van der Waals surface area contributed by atoms with Crippen molar-refractivity contribution in [2.45, 2.75) is 13.5 Å². The van der Waals surface area contributed by atoms with Gasteiger partial charge in [-0.15, -0.1) is 0 Å². The van der Waals surface area contributed by atoms with Gasteiger partial charge < -0.3 is 10.6 Å². The molecule has 120 valence electrons. The molecule has 24 heavy (non-hydrogen) atoms. The van der Waals surface area contributed by atoms with Crippen molar-refractivity contribution in [1.29, 1.82) is 0 Å². The van der Waals surface area contributed by atoms with Gasteiger partial charge in [-0.1, -0.05) is 23.8 Å². The number of hydrogen-bond acceptors (Lipinski definition) is 5. The first-order valence-electron chi connectivity index (χ1n) is 7.54. The molecule has 0 aliphatic rings. The summed E-state index contributed by atoms with van der Waals surface area (Å²) >= 11 is 0. The highest BCUT2D eigenvalue weighted by Gasteiger charge is 2.08. The second-order valence-electron chi connectivity index (χ2n) is 5.28. The summed E-state index contributed by atoms with van der Waals surface area (Å²) in [5, 5.41) is 5.91. The van der Waals surface area contributed by atoms with Crippen LogP contribution in [0.5, 0.6) is 0 Å². The van der Waals surface area contributed by atoms with Crippen LogP contribution >= 0.6 is 0 Å². The maximum Gasteiger partial charge on any atom is 0.271 e. The van der Waals surface area contributed by atoms with Crippen LogP contribution in [0.2, 0.25) is 0 Å². The first-order chi connectivity index (χ1) is 11.7. The number of amides is 1. The van der Waals surface area contributed by atoms with Gasteiger partial charge >= 0.3 is 0 Å². The number of aryl methyl sites for hydroxylation is 1. The summed E-state index contributed by atoms with van der Waals surface area (Å²) in [5.41, 5.74) is 3.16. The summed E-state index contributed by atoms with van der Waals surface area (Å²) in [6.07, 6.45) is 4.67. The lowest BCUT2D eigenvalue weighted by Gasteiger charge is -2.07. The van der Waals surface area contributed by atoms with E-state index in [0.29, 0.717) is 12.4 Å². The fourth-order valence-corrected chi connectivity index (χ4v) is 2.06. The van der Waals surface area contributed by atoms with E-state index in [1.54, 1.807) is 6.20 Å². The van der Waals surface area contributed by atoms with Gasteiger partial charge in [0.2, 0.25) is 0 Å². The molecule has 3 rings (SSSR count). The molecule has 3 aromatic rings. The molecule has 2 heterocycles. The van der Waals surface area contributed by atoms with E-state index in [-0.39, 0.29) is 11.6 Å². The lowest BCUT2D eigenvalue weighted by atomic mass is 10.2. The molecule has 2 N–H and O–H groups in total. The SMILES string of the molecule is Cc1ccc(Nc2cnc(C(=O)NCc3ccccn3)cn2)cc1. The van der Waals surface area contributed by atoms with E-state index in [4.69, 9.17) is 0 Å². The highest BCUT2D eigenvalue weighted by atomic mass is 16.1. The van der Waals surface area contributed by atoms with E-state index < -0.39 is 0 Å². The zero-order chi connectivity index (χ0) is 16.8. The van der Waals surface area contributed by atoms with Gasteiger partial charge in [0.15, 0.2) is 0 Å². The van der Waals surface area contributed by atoms with Crippen LogP contribution < -0.4 is 10.6 Å². The molecule has 0 atom stereocenters. The van der Waals surface area contributed by atoms with E-state index in [0.717, 1.165) is 11.4 Å². The number of aromatic nitrogens is 3. The summed E-state index contributed by atoms with van der Waals surface area (Å²) in [5.74, 6) is 0.301. The van der Waals surface area contributed by atoms with Crippen LogP contribution in [0.3, 0.4) is 0 Å². The summed E-state index contributed by atoms with van der Waals surface area (Å²) in [6, 6.07) is 13.5. The minimum absolute atomic E-state index is 0.264. The molecular weight excluding hydrogens is 302 g/mol. The number of carbonyl (C=O) groups excluding carboxylic acids is 1. The molecule has 0 fully saturated rings. The first-order valence-corrected chi connectivity index (χ1v) is 7.54. The minimum atomic E-state index is -0.282. The number of carbonyl (C=O) groups is 1. The Morgan fingerprint density at radius 2 is 1.83 bits per heavy atom. The maximum atomic E-state index is 12.1. The summed E-state index contributed by atoms with van der Waals surface area (Å²) in [7, 11) is 0. The molecule has 0 unspecified atom stereocenters. The molecule has 0 saturated carbocycles. The van der Waals surface area contributed by atoms with Gasteiger partial charge in [-0.2, -0.15) is 0 Å². The van der Waals surface area contributed by atoms with Crippen LogP contribution in [0, 0.1) is 6.92 Å². The number of hydrogen-bond donors (Lipinski definition) is 2. The van der Waals surface area contributed by atoms with Crippen LogP contribution in [0.25, 0.3) is 0 Å². The second kappa shape index (κ2) is 7.32. The Labute approximate surface area is 140 Å². The molecule has 0 radical (unpaired) electrons. The molecule has 0 aliphatic carbocycles. The molecule has 0 bridgehead atoms. The molecule has 2 aromatic heterocycles. The summed E-state index contributed by atoms with van der Waals surface area (Å²) in [6.45, 7) is 2.38. The molecule has 0 aliphatic heterocycles. The Bertz CT molecular complexity index is 801. The quantitative estimate of drug-likeness (QED) is 0.756. The first kappa shape index (κ1) is 15.6. The largest absolute Gasteiger partial charge is 0.345 e. The topological polar surface area (TPSA) is 79.8 Å². The lowest BCUT2D eigenvalue weighted by molar-refractivity contribution is 0.0945. The zero-order valence-electron chi connectivity index (χ0n) is 13.2. The van der Waals surface area contributed by atoms with Gasteiger partial charge in [0, 0.05) is 11.9 Å². The maximum absolute atomic E-state index is 12.1. The summed E-state index contributed by atoms with van der Waals surface area (Å²) < 4.78 is 0. The van der Waals surface area contributed by atoms with Crippen LogP contribution in [0.4, 0.5) is 11.5 Å². The van der Waals surface area contributed by atoms with Gasteiger partial charge in [0.1, 0.15) is 11.5 Å². The fraction of sp³-hybridized carbons (Fsp3) is 0.111. The Morgan fingerprint density at radius 3 is 2.50 bits per heavy atom. The monoisotopic (exact) mass is 319 g/mol. The Balaban J connectivity index is 1.59. The van der Waals surface area contributed by atoms with Crippen molar-refractivity contribution in [3.05, 3.63) is 78.0 Å². The van der Waals surface area contributed by atoms with Crippen LogP contribution in [0.1, 0.15) is 21.7 Å². The van der Waals surface area contributed by atoms with Crippen molar-refractivity contribution in [1.82, 2.24) is 20.3 Å². The average Bonchev–Trinajstić information content (AvgIpc) is 2.63. The molecule has 1 amide bonds. The fourth-order valence-electron chi connectivity index (χ4n) is 2.06. The number of anilines is 2. The number of rotatable bonds is 5. The Hall–Kier alpha value is -3.28. The van der Waals surface area contributed by atoms with Crippen molar-refractivity contribution in [3.8, 4) is 0 Å². The third kappa shape index (κ3) is 4.13. The van der Waals surface area contributed by atoms with Gasteiger partial charge in [-0.25, -0.2) is 9.97 Å². The van der Waals surface area contributed by atoms with E-state index in [9.17, 15) is 4.79 Å². The number of nitrogens with one attached hydrogen (secondary N) is 2. The molecule has 0 saturated heterocycles. The number of pyridine rings is 1. The minimum Gasteiger partial charge on any atom is -0.345 e. The van der Waals surface area contributed by atoms with E-state index in [1.165, 1.54) is 18.0 Å². The van der Waals surface area contributed by atoms with E-state index >= 15 is 0 Å². The standard InChI is InChI=1S/C18H17N5O/c1-13-5-7-14(8-6-13)23-17-12-20-16(11-21-17)18(24)22-10-15-4-2-3-9-19-15/h2-9,11-12H,10H2,1H3,(H,21,23)(H,22,24). The molecular formula is C18H17N5O. The predicted molar refractivity (Wildman–Crippen MR) is 91.9 cm³/mol. The molecule has 6 heteroatoms. The Kier molecular flexibility index (Phi) is 4.76. The van der Waals surface area contributed by atoms with Crippen molar-refractivity contribution in [2.24, 2.45) is 0 Å². The van der Waals surface area contributed by atoms with Crippen LogP contribution in [0.15, 0.2) is 61.1 Å². The Morgan fingerprint density at radius 1 is 1.00 bits per heavy atom. The van der Waals surface area contributed by atoms with Crippen LogP contribution in [-0.2, 0) is 6.54 Å². The average molecular weight is 319 g/mol. The van der Waals surface area contributed by atoms with Gasteiger partial charge in [-0.05, 0) is 31.2 Å². The zero-order valence-corrected chi connectivity index (χ0v) is 13.2. The van der Waals surface area contributed by atoms with Crippen molar-refractivity contribution in [2.75, 3.05) is 5.32 Å². The number of benzene rings is 1. The molecule has 0 spiro atoms. The second-order valence-corrected chi connectivity index (χ2v) is 5.28. The normalized spacial score (nSPS) is 10.2. The van der Waals surface area contributed by atoms with E-state index in [2.05, 4.69) is 25.6 Å². The van der Waals surface area contributed by atoms with Crippen molar-refractivity contribution in [3.63, 3.8) is 0 Å². The van der Waals surface area contributed by atoms with Gasteiger partial charge in [0.05, 0.1) is 24.6 Å². The highest BCUT2D eigenvalue weighted by molar-refractivity contribution is 5.91. The van der Waals surface area contributed by atoms with Crippen LogP contribution in [-0.4, -0.2) is 20.9 Å². The van der Waals surface area contributed by atoms with E-state index in [1.807, 2.05) is 49.4 Å². The van der Waals surface area contributed by atoms with Gasteiger partial charge in [0.25, 0.3) is 5.91 Å². The van der Waals surface area contributed by atoms with Crippen molar-refractivity contribution >= 4 is 17.4 Å². The summed E-state index contributed by atoms with van der Waals surface area (Å²) in [4.78, 5) is 24.6. The number of nitrogens with zero attached hydrogens (tertiary/aromatic N) is 3. The predicted octanol–water partition coefficient (Wildman–Crippen LogP) is 2.85. The highest BCUT2D eigenvalue weighted by Crippen LogP contribution is 2.14. The van der Waals surface area contributed by atoms with Gasteiger partial charge in [-0.3, -0.25) is 9.78 Å². The third-order valence-corrected chi connectivity index (χ3v) is 3.36.